The topological polar surface area (TPSA) is 34.1 Å². The van der Waals surface area contributed by atoms with E-state index in [2.05, 4.69) is 24.3 Å². The van der Waals surface area contributed by atoms with Crippen LogP contribution in [0.3, 0.4) is 0 Å². The largest absolute Gasteiger partial charge is 0.323 e. The molecule has 0 fully saturated rings. The molecule has 0 saturated carbocycles. The van der Waals surface area contributed by atoms with E-state index in [1.54, 1.807) is 0 Å². The predicted molar refractivity (Wildman–Crippen MR) is 106 cm³/mol. The van der Waals surface area contributed by atoms with Crippen molar-refractivity contribution >= 4 is 17.9 Å². The minimum absolute atomic E-state index is 0.567. The van der Waals surface area contributed by atoms with Crippen LogP contribution in [-0.2, 0) is 28.2 Å². The summed E-state index contributed by atoms with van der Waals surface area (Å²) in [5.41, 5.74) is 2.46. The molecule has 1 unspecified atom stereocenters. The van der Waals surface area contributed by atoms with Crippen LogP contribution in [0.15, 0.2) is 60.7 Å². The van der Waals surface area contributed by atoms with Crippen LogP contribution < -0.4 is 0 Å². The van der Waals surface area contributed by atoms with E-state index in [1.807, 2.05) is 43.3 Å². The van der Waals surface area contributed by atoms with Gasteiger partial charge in [-0.3, -0.25) is 4.21 Å². The average molecular weight is 362 g/mol. The quantitative estimate of drug-likeness (QED) is 0.579. The molecule has 0 heterocycles. The molecule has 1 atom stereocenters. The number of hydrogen-bond donors (Lipinski definition) is 0. The molecule has 0 bridgehead atoms. The van der Waals surface area contributed by atoms with Crippen LogP contribution in [0.4, 0.5) is 0 Å². The number of aryl methyl sites for hydroxylation is 2. The fraction of sp³-hybridized carbons (Fsp3) is 0.400. The third-order valence-corrected chi connectivity index (χ3v) is 9.07. The van der Waals surface area contributed by atoms with Crippen molar-refractivity contribution < 1.29 is 8.77 Å². The SMILES string of the molecule is CCS(=O)CCP(=O)(CCc1ccccc1)CCc1ccccc1. The van der Waals surface area contributed by atoms with Crippen molar-refractivity contribution in [3.05, 3.63) is 71.8 Å². The summed E-state index contributed by atoms with van der Waals surface area (Å²) in [5, 5.41) is 0. The van der Waals surface area contributed by atoms with Gasteiger partial charge in [0.25, 0.3) is 0 Å². The van der Waals surface area contributed by atoms with Gasteiger partial charge < -0.3 is 4.57 Å². The zero-order chi connectivity index (χ0) is 17.3. The molecule has 4 heteroatoms. The van der Waals surface area contributed by atoms with Crippen LogP contribution >= 0.6 is 7.14 Å². The van der Waals surface area contributed by atoms with Crippen LogP contribution in [0.1, 0.15) is 18.1 Å². The number of rotatable bonds is 10. The van der Waals surface area contributed by atoms with Gasteiger partial charge in [0.15, 0.2) is 0 Å². The Morgan fingerprint density at radius 1 is 0.792 bits per heavy atom. The third-order valence-electron chi connectivity index (χ3n) is 4.35. The summed E-state index contributed by atoms with van der Waals surface area (Å²) in [6.45, 7) is 1.93. The van der Waals surface area contributed by atoms with Crippen LogP contribution in [0, 0.1) is 0 Å². The second kappa shape index (κ2) is 9.96. The highest BCUT2D eigenvalue weighted by Crippen LogP contribution is 2.46. The van der Waals surface area contributed by atoms with Crippen LogP contribution in [0.5, 0.6) is 0 Å². The van der Waals surface area contributed by atoms with E-state index in [0.29, 0.717) is 30.0 Å². The molecule has 0 aromatic heterocycles. The first kappa shape index (κ1) is 19.1. The van der Waals surface area contributed by atoms with Crippen molar-refractivity contribution in [3.8, 4) is 0 Å². The molecule has 0 saturated heterocycles. The van der Waals surface area contributed by atoms with Gasteiger partial charge >= 0.3 is 0 Å². The van der Waals surface area contributed by atoms with Gasteiger partial charge in [0, 0.05) is 40.8 Å². The lowest BCUT2D eigenvalue weighted by atomic mass is 10.2. The second-order valence-electron chi connectivity index (χ2n) is 6.13. The van der Waals surface area contributed by atoms with Crippen LogP contribution in [0.25, 0.3) is 0 Å². The monoisotopic (exact) mass is 362 g/mol. The molecular weight excluding hydrogens is 335 g/mol. The Kier molecular flexibility index (Phi) is 7.94. The summed E-state index contributed by atoms with van der Waals surface area (Å²) in [6.07, 6.45) is 3.71. The van der Waals surface area contributed by atoms with Gasteiger partial charge in [-0.1, -0.05) is 67.6 Å². The molecular formula is C20H27O2PS. The summed E-state index contributed by atoms with van der Waals surface area (Å²) in [5.74, 6) is 1.22. The Balaban J connectivity index is 1.99. The van der Waals surface area contributed by atoms with Crippen molar-refractivity contribution in [2.24, 2.45) is 0 Å². The smallest absolute Gasteiger partial charge is 0.0893 e. The van der Waals surface area contributed by atoms with Crippen molar-refractivity contribution in [3.63, 3.8) is 0 Å². The Morgan fingerprint density at radius 3 is 1.67 bits per heavy atom. The predicted octanol–water partition coefficient (Wildman–Crippen LogP) is 4.60. The lowest BCUT2D eigenvalue weighted by molar-refractivity contribution is 0.574. The Morgan fingerprint density at radius 2 is 1.25 bits per heavy atom. The Bertz CT molecular complexity index is 623. The molecule has 2 rings (SSSR count). The lowest BCUT2D eigenvalue weighted by Gasteiger charge is -2.18. The molecule has 2 aromatic rings. The van der Waals surface area contributed by atoms with E-state index >= 15 is 0 Å². The van der Waals surface area contributed by atoms with E-state index in [4.69, 9.17) is 0 Å². The maximum atomic E-state index is 13.4. The van der Waals surface area contributed by atoms with Crippen molar-refractivity contribution in [2.75, 3.05) is 30.0 Å². The van der Waals surface area contributed by atoms with E-state index in [1.165, 1.54) is 11.1 Å². The maximum Gasteiger partial charge on any atom is 0.0893 e. The van der Waals surface area contributed by atoms with Crippen molar-refractivity contribution in [1.29, 1.82) is 0 Å². The minimum atomic E-state index is -2.31. The fourth-order valence-corrected chi connectivity index (χ4v) is 7.14. The Labute approximate surface area is 148 Å². The van der Waals surface area contributed by atoms with Gasteiger partial charge in [-0.05, 0) is 24.0 Å². The Hall–Kier alpha value is -1.18. The first-order valence-corrected chi connectivity index (χ1v) is 12.4. The summed E-state index contributed by atoms with van der Waals surface area (Å²) in [6, 6.07) is 20.5. The van der Waals surface area contributed by atoms with Gasteiger partial charge in [0.1, 0.15) is 0 Å². The van der Waals surface area contributed by atoms with Gasteiger partial charge in [0.2, 0.25) is 0 Å². The molecule has 0 N–H and O–H groups in total. The minimum Gasteiger partial charge on any atom is -0.323 e. The molecule has 2 aromatic carbocycles. The molecule has 0 aliphatic rings. The van der Waals surface area contributed by atoms with Crippen LogP contribution in [0.2, 0.25) is 0 Å². The highest BCUT2D eigenvalue weighted by molar-refractivity contribution is 7.85. The van der Waals surface area contributed by atoms with Crippen LogP contribution in [-0.4, -0.2) is 34.2 Å². The van der Waals surface area contributed by atoms with Gasteiger partial charge in [-0.25, -0.2) is 0 Å². The molecule has 0 aliphatic carbocycles. The number of benzene rings is 2. The van der Waals surface area contributed by atoms with Gasteiger partial charge in [-0.2, -0.15) is 0 Å². The van der Waals surface area contributed by atoms with Gasteiger partial charge in [0.05, 0.1) is 7.14 Å². The summed E-state index contributed by atoms with van der Waals surface area (Å²) < 4.78 is 25.2. The van der Waals surface area contributed by atoms with E-state index < -0.39 is 17.9 Å². The van der Waals surface area contributed by atoms with Crippen molar-refractivity contribution in [2.45, 2.75) is 19.8 Å². The highest BCUT2D eigenvalue weighted by atomic mass is 32.2. The highest BCUT2D eigenvalue weighted by Gasteiger charge is 2.22. The third kappa shape index (κ3) is 6.75. The molecule has 0 aliphatic heterocycles. The van der Waals surface area contributed by atoms with Gasteiger partial charge in [-0.15, -0.1) is 0 Å². The normalized spacial score (nSPS) is 12.9. The van der Waals surface area contributed by atoms with E-state index in [0.717, 1.165) is 12.8 Å². The summed E-state index contributed by atoms with van der Waals surface area (Å²) in [7, 11) is -3.15. The molecule has 24 heavy (non-hydrogen) atoms. The molecule has 0 spiro atoms. The first-order valence-electron chi connectivity index (χ1n) is 8.61. The molecule has 130 valence electrons. The number of hydrogen-bond acceptors (Lipinski definition) is 2. The maximum absolute atomic E-state index is 13.4. The fourth-order valence-electron chi connectivity index (χ4n) is 2.70. The molecule has 2 nitrogen and oxygen atoms in total. The van der Waals surface area contributed by atoms with Crippen molar-refractivity contribution in [1.82, 2.24) is 0 Å². The summed E-state index contributed by atoms with van der Waals surface area (Å²) >= 11 is 0. The lowest BCUT2D eigenvalue weighted by Crippen LogP contribution is -2.11. The molecule has 0 radical (unpaired) electrons. The molecule has 0 amide bonds. The van der Waals surface area contributed by atoms with E-state index in [9.17, 15) is 8.77 Å². The first-order chi connectivity index (χ1) is 11.6. The average Bonchev–Trinajstić information content (AvgIpc) is 2.65. The zero-order valence-electron chi connectivity index (χ0n) is 14.4. The zero-order valence-corrected chi connectivity index (χ0v) is 16.1. The second-order valence-corrected chi connectivity index (χ2v) is 11.5. The standard InChI is InChI=1S/C20H27O2PS/c1-2-24(22)18-17-23(21,15-13-19-9-5-3-6-10-19)16-14-20-11-7-4-8-12-20/h3-12H,2,13-18H2,1H3. The van der Waals surface area contributed by atoms with E-state index in [-0.39, 0.29) is 0 Å². The summed E-state index contributed by atoms with van der Waals surface area (Å²) in [4.78, 5) is 0.